The highest BCUT2D eigenvalue weighted by atomic mass is 16.5. The number of carbonyl (C=O) groups excluding carboxylic acids is 1. The van der Waals surface area contributed by atoms with Crippen LogP contribution in [0.5, 0.6) is 11.5 Å². The van der Waals surface area contributed by atoms with Crippen molar-refractivity contribution >= 4 is 11.5 Å². The topological polar surface area (TPSA) is 65.0 Å². The molecule has 3 aromatic carbocycles. The Morgan fingerprint density at radius 2 is 1.59 bits per heavy atom. The van der Waals surface area contributed by atoms with Crippen molar-refractivity contribution in [1.29, 1.82) is 0 Å². The van der Waals surface area contributed by atoms with Crippen LogP contribution in [0.1, 0.15) is 22.8 Å². The molecular weight excluding hydrogens is 368 g/mol. The molecule has 1 atom stereocenters. The second-order valence-electron chi connectivity index (χ2n) is 6.24. The zero-order chi connectivity index (χ0) is 20.6. The maximum Gasteiger partial charge on any atom is 0.341 e. The molecule has 0 heterocycles. The normalized spacial score (nSPS) is 12.2. The minimum Gasteiger partial charge on any atom is -0.503 e. The number of ether oxygens (including phenoxy) is 3. The molecule has 3 aromatic rings. The van der Waals surface area contributed by atoms with E-state index in [0.29, 0.717) is 22.6 Å². The molecular formula is C24H22O5. The summed E-state index contributed by atoms with van der Waals surface area (Å²) < 4.78 is 15.9. The summed E-state index contributed by atoms with van der Waals surface area (Å²) in [5.41, 5.74) is 2.27. The second kappa shape index (κ2) is 9.57. The van der Waals surface area contributed by atoms with Gasteiger partial charge in [0, 0.05) is 5.56 Å². The summed E-state index contributed by atoms with van der Waals surface area (Å²) in [6.45, 7) is 0. The summed E-state index contributed by atoms with van der Waals surface area (Å²) in [5, 5.41) is 10.7. The van der Waals surface area contributed by atoms with E-state index in [1.165, 1.54) is 20.5 Å². The van der Waals surface area contributed by atoms with E-state index in [9.17, 15) is 9.90 Å². The first-order chi connectivity index (χ1) is 14.1. The van der Waals surface area contributed by atoms with Crippen LogP contribution in [0.25, 0.3) is 5.57 Å². The summed E-state index contributed by atoms with van der Waals surface area (Å²) in [7, 11) is 2.77. The number of methoxy groups -OCH3 is 2. The first-order valence-electron chi connectivity index (χ1n) is 9.05. The van der Waals surface area contributed by atoms with Crippen LogP contribution in [0.2, 0.25) is 0 Å². The minimum atomic E-state index is -0.769. The van der Waals surface area contributed by atoms with Crippen molar-refractivity contribution in [1.82, 2.24) is 0 Å². The van der Waals surface area contributed by atoms with Crippen molar-refractivity contribution in [3.63, 3.8) is 0 Å². The lowest BCUT2D eigenvalue weighted by Gasteiger charge is -2.15. The van der Waals surface area contributed by atoms with Gasteiger partial charge < -0.3 is 19.3 Å². The monoisotopic (exact) mass is 390 g/mol. The molecule has 0 fully saturated rings. The molecule has 0 aliphatic heterocycles. The lowest BCUT2D eigenvalue weighted by atomic mass is 10.0. The SMILES string of the molecule is CO/C=C(/C(=O)OC)c1ccccc1Oc1cccc(C(O)c2ccccc2)c1. The molecule has 0 saturated heterocycles. The molecule has 0 aliphatic carbocycles. The maximum absolute atomic E-state index is 12.1. The second-order valence-corrected chi connectivity index (χ2v) is 6.24. The predicted molar refractivity (Wildman–Crippen MR) is 110 cm³/mol. The van der Waals surface area contributed by atoms with Gasteiger partial charge in [0.1, 0.15) is 23.2 Å². The molecule has 148 valence electrons. The summed E-state index contributed by atoms with van der Waals surface area (Å²) in [6.07, 6.45) is 0.554. The molecule has 0 amide bonds. The van der Waals surface area contributed by atoms with Crippen molar-refractivity contribution < 1.29 is 24.1 Å². The fourth-order valence-electron chi connectivity index (χ4n) is 2.93. The zero-order valence-corrected chi connectivity index (χ0v) is 16.2. The third-order valence-electron chi connectivity index (χ3n) is 4.34. The molecule has 1 unspecified atom stereocenters. The smallest absolute Gasteiger partial charge is 0.341 e. The summed E-state index contributed by atoms with van der Waals surface area (Å²) in [6, 6.07) is 23.7. The zero-order valence-electron chi connectivity index (χ0n) is 16.2. The van der Waals surface area contributed by atoms with Crippen LogP contribution < -0.4 is 4.74 Å². The molecule has 0 aromatic heterocycles. The fraction of sp³-hybridized carbons (Fsp3) is 0.125. The highest BCUT2D eigenvalue weighted by Crippen LogP contribution is 2.32. The van der Waals surface area contributed by atoms with E-state index in [-0.39, 0.29) is 5.57 Å². The highest BCUT2D eigenvalue weighted by Gasteiger charge is 2.18. The fourth-order valence-corrected chi connectivity index (χ4v) is 2.93. The Bertz CT molecular complexity index is 995. The molecule has 5 heteroatoms. The van der Waals surface area contributed by atoms with Crippen molar-refractivity contribution in [3.8, 4) is 11.5 Å². The van der Waals surface area contributed by atoms with E-state index >= 15 is 0 Å². The third kappa shape index (κ3) is 4.83. The Balaban J connectivity index is 1.92. The van der Waals surface area contributed by atoms with Gasteiger partial charge in [-0.1, -0.05) is 60.7 Å². The largest absolute Gasteiger partial charge is 0.503 e. The summed E-state index contributed by atoms with van der Waals surface area (Å²) in [4.78, 5) is 12.1. The Morgan fingerprint density at radius 3 is 2.31 bits per heavy atom. The summed E-state index contributed by atoms with van der Waals surface area (Å²) >= 11 is 0. The Hall–Kier alpha value is -3.57. The molecule has 0 bridgehead atoms. The van der Waals surface area contributed by atoms with Crippen LogP contribution in [0.15, 0.2) is 85.1 Å². The minimum absolute atomic E-state index is 0.242. The maximum atomic E-state index is 12.1. The number of carbonyl (C=O) groups is 1. The Morgan fingerprint density at radius 1 is 0.897 bits per heavy atom. The molecule has 5 nitrogen and oxygen atoms in total. The van der Waals surface area contributed by atoms with Crippen LogP contribution in [0.3, 0.4) is 0 Å². The van der Waals surface area contributed by atoms with E-state index in [0.717, 1.165) is 5.56 Å². The van der Waals surface area contributed by atoms with Crippen molar-refractivity contribution in [2.24, 2.45) is 0 Å². The summed E-state index contributed by atoms with van der Waals surface area (Å²) in [5.74, 6) is 0.468. The number of aliphatic hydroxyl groups excluding tert-OH is 1. The first kappa shape index (κ1) is 20.2. The van der Waals surface area contributed by atoms with Crippen molar-refractivity contribution in [2.45, 2.75) is 6.10 Å². The van der Waals surface area contributed by atoms with Crippen LogP contribution in [-0.4, -0.2) is 25.3 Å². The van der Waals surface area contributed by atoms with Crippen molar-refractivity contribution in [3.05, 3.63) is 102 Å². The Kier molecular flexibility index (Phi) is 6.66. The van der Waals surface area contributed by atoms with Gasteiger partial charge in [-0.3, -0.25) is 0 Å². The van der Waals surface area contributed by atoms with Gasteiger partial charge in [-0.25, -0.2) is 4.79 Å². The van der Waals surface area contributed by atoms with Crippen LogP contribution >= 0.6 is 0 Å². The Labute approximate surface area is 169 Å². The van der Waals surface area contributed by atoms with Gasteiger partial charge >= 0.3 is 5.97 Å². The van der Waals surface area contributed by atoms with Gasteiger partial charge in [-0.2, -0.15) is 0 Å². The van der Waals surface area contributed by atoms with Crippen LogP contribution in [-0.2, 0) is 14.3 Å². The van der Waals surface area contributed by atoms with Gasteiger partial charge in [0.25, 0.3) is 0 Å². The molecule has 0 saturated carbocycles. The van der Waals surface area contributed by atoms with E-state index in [2.05, 4.69) is 0 Å². The number of aliphatic hydroxyl groups is 1. The lowest BCUT2D eigenvalue weighted by Crippen LogP contribution is -2.06. The third-order valence-corrected chi connectivity index (χ3v) is 4.34. The number of rotatable bonds is 7. The molecule has 3 rings (SSSR count). The van der Waals surface area contributed by atoms with Gasteiger partial charge in [0.2, 0.25) is 0 Å². The van der Waals surface area contributed by atoms with Crippen molar-refractivity contribution in [2.75, 3.05) is 14.2 Å². The van der Waals surface area contributed by atoms with Gasteiger partial charge in [-0.15, -0.1) is 0 Å². The number of benzene rings is 3. The molecule has 0 radical (unpaired) electrons. The molecule has 0 aliphatic rings. The van der Waals surface area contributed by atoms with Gasteiger partial charge in [-0.05, 0) is 29.3 Å². The van der Waals surface area contributed by atoms with Crippen LogP contribution in [0, 0.1) is 0 Å². The number of hydrogen-bond acceptors (Lipinski definition) is 5. The lowest BCUT2D eigenvalue weighted by molar-refractivity contribution is -0.133. The predicted octanol–water partition coefficient (Wildman–Crippen LogP) is 4.72. The molecule has 0 spiro atoms. The number of hydrogen-bond donors (Lipinski definition) is 1. The van der Waals surface area contributed by atoms with E-state index in [1.54, 1.807) is 30.3 Å². The van der Waals surface area contributed by atoms with E-state index in [4.69, 9.17) is 14.2 Å². The standard InChI is InChI=1S/C24H22O5/c1-27-16-21(24(26)28-2)20-13-6-7-14-22(20)29-19-12-8-11-18(15-19)23(25)17-9-4-3-5-10-17/h3-16,23,25H,1-2H3/b21-16+. The van der Waals surface area contributed by atoms with E-state index in [1.807, 2.05) is 48.5 Å². The first-order valence-corrected chi connectivity index (χ1v) is 9.05. The average Bonchev–Trinajstić information content (AvgIpc) is 2.78. The number of para-hydroxylation sites is 1. The van der Waals surface area contributed by atoms with Gasteiger partial charge in [0.05, 0.1) is 20.5 Å². The number of esters is 1. The van der Waals surface area contributed by atoms with Crippen LogP contribution in [0.4, 0.5) is 0 Å². The van der Waals surface area contributed by atoms with E-state index < -0.39 is 12.1 Å². The average molecular weight is 390 g/mol. The molecule has 1 N–H and O–H groups in total. The van der Waals surface area contributed by atoms with Gasteiger partial charge in [0.15, 0.2) is 0 Å². The molecule has 29 heavy (non-hydrogen) atoms. The highest BCUT2D eigenvalue weighted by molar-refractivity contribution is 6.17. The quantitative estimate of drug-likeness (QED) is 0.359.